The number of fused-ring (bicyclic) bond motifs is 5. The molecule has 5 aliphatic rings. The third-order valence-corrected chi connectivity index (χ3v) is 9.46. The second kappa shape index (κ2) is 7.12. The van der Waals surface area contributed by atoms with Crippen molar-refractivity contribution in [2.75, 3.05) is 6.61 Å². The van der Waals surface area contributed by atoms with Gasteiger partial charge < -0.3 is 4.74 Å². The summed E-state index contributed by atoms with van der Waals surface area (Å²) in [4.78, 5) is 24.1. The SMILES string of the molecule is CC(=O)c1ccc([C@H]2C[C@@]3(C)[C@@H](CCC34C=CCO4)[C@@H]3CCC4=CC(=O)CCC4=C32)cc1. The van der Waals surface area contributed by atoms with Crippen molar-refractivity contribution in [2.24, 2.45) is 17.3 Å². The van der Waals surface area contributed by atoms with Crippen LogP contribution in [0.2, 0.25) is 0 Å². The fraction of sp³-hybridized carbons (Fsp3) is 0.517. The zero-order valence-electron chi connectivity index (χ0n) is 19.2. The second-order valence-corrected chi connectivity index (χ2v) is 10.8. The number of ketones is 2. The van der Waals surface area contributed by atoms with E-state index >= 15 is 0 Å². The predicted octanol–water partition coefficient (Wildman–Crippen LogP) is 6.11. The molecule has 5 atom stereocenters. The highest BCUT2D eigenvalue weighted by Crippen LogP contribution is 2.68. The molecule has 166 valence electrons. The van der Waals surface area contributed by atoms with Crippen LogP contribution in [0.15, 0.2) is 59.2 Å². The van der Waals surface area contributed by atoms with E-state index in [4.69, 9.17) is 4.74 Å². The molecule has 0 amide bonds. The molecular weight excluding hydrogens is 396 g/mol. The van der Waals surface area contributed by atoms with Gasteiger partial charge in [0.25, 0.3) is 0 Å². The van der Waals surface area contributed by atoms with Gasteiger partial charge in [-0.1, -0.05) is 48.9 Å². The standard InChI is InChI=1S/C29H32O3/c1-18(30)19-4-6-20(7-5-19)25-17-28(2)26(12-14-29(28)13-3-15-32-29)24-10-8-21-16-22(31)9-11-23(21)27(24)25/h3-7,13,16,24-26H,8-12,14-15,17H2,1-2H3/t24-,25+,26-,28-,29?/m0/s1. The molecule has 32 heavy (non-hydrogen) atoms. The van der Waals surface area contributed by atoms with Crippen LogP contribution in [0.1, 0.15) is 80.6 Å². The molecule has 3 nitrogen and oxygen atoms in total. The van der Waals surface area contributed by atoms with E-state index < -0.39 is 0 Å². The maximum Gasteiger partial charge on any atom is 0.159 e. The average Bonchev–Trinajstić information content (AvgIpc) is 3.39. The minimum atomic E-state index is -0.135. The van der Waals surface area contributed by atoms with Crippen molar-refractivity contribution in [3.05, 3.63) is 70.3 Å². The maximum atomic E-state index is 12.2. The minimum Gasteiger partial charge on any atom is -0.366 e. The molecule has 1 aliphatic heterocycles. The Morgan fingerprint density at radius 2 is 1.91 bits per heavy atom. The van der Waals surface area contributed by atoms with E-state index in [1.54, 1.807) is 12.5 Å². The van der Waals surface area contributed by atoms with Gasteiger partial charge in [-0.2, -0.15) is 0 Å². The van der Waals surface area contributed by atoms with Crippen molar-refractivity contribution < 1.29 is 14.3 Å². The van der Waals surface area contributed by atoms with Gasteiger partial charge in [-0.25, -0.2) is 0 Å². The van der Waals surface area contributed by atoms with E-state index in [0.29, 0.717) is 24.2 Å². The van der Waals surface area contributed by atoms with Crippen LogP contribution in [-0.4, -0.2) is 23.8 Å². The molecule has 0 aromatic heterocycles. The first-order valence-electron chi connectivity index (χ1n) is 12.3. The fourth-order valence-electron chi connectivity index (χ4n) is 7.93. The van der Waals surface area contributed by atoms with Gasteiger partial charge in [0.15, 0.2) is 11.6 Å². The van der Waals surface area contributed by atoms with E-state index in [9.17, 15) is 9.59 Å². The molecule has 1 spiro atoms. The Labute approximate surface area is 190 Å². The zero-order chi connectivity index (χ0) is 22.1. The third-order valence-electron chi connectivity index (χ3n) is 9.46. The molecule has 0 N–H and O–H groups in total. The van der Waals surface area contributed by atoms with Gasteiger partial charge in [0.1, 0.15) is 0 Å². The average molecular weight is 429 g/mol. The van der Waals surface area contributed by atoms with Crippen LogP contribution in [-0.2, 0) is 9.53 Å². The van der Waals surface area contributed by atoms with E-state index in [1.807, 2.05) is 18.2 Å². The Hall–Kier alpha value is -2.26. The van der Waals surface area contributed by atoms with E-state index in [0.717, 1.165) is 44.3 Å². The summed E-state index contributed by atoms with van der Waals surface area (Å²) in [5.41, 5.74) is 6.43. The summed E-state index contributed by atoms with van der Waals surface area (Å²) in [6.45, 7) is 4.84. The minimum absolute atomic E-state index is 0.102. The van der Waals surface area contributed by atoms with E-state index in [2.05, 4.69) is 31.2 Å². The summed E-state index contributed by atoms with van der Waals surface area (Å²) < 4.78 is 6.48. The number of ether oxygens (including phenoxy) is 1. The number of carbonyl (C=O) groups is 2. The van der Waals surface area contributed by atoms with Crippen LogP contribution in [0.25, 0.3) is 0 Å². The van der Waals surface area contributed by atoms with Crippen LogP contribution in [0, 0.1) is 17.3 Å². The molecule has 1 aromatic carbocycles. The summed E-state index contributed by atoms with van der Waals surface area (Å²) in [6, 6.07) is 8.34. The molecule has 3 heteroatoms. The lowest BCUT2D eigenvalue weighted by Gasteiger charge is -2.54. The molecule has 1 aromatic rings. The first-order valence-corrected chi connectivity index (χ1v) is 12.3. The lowest BCUT2D eigenvalue weighted by atomic mass is 9.51. The summed E-state index contributed by atoms with van der Waals surface area (Å²) in [5, 5.41) is 0. The molecule has 4 aliphatic carbocycles. The molecule has 1 heterocycles. The van der Waals surface area contributed by atoms with Crippen LogP contribution in [0.5, 0.6) is 0 Å². The van der Waals surface area contributed by atoms with Crippen molar-refractivity contribution in [1.29, 1.82) is 0 Å². The van der Waals surface area contributed by atoms with Crippen LogP contribution < -0.4 is 0 Å². The molecule has 6 rings (SSSR count). The summed E-state index contributed by atoms with van der Waals surface area (Å²) >= 11 is 0. The van der Waals surface area contributed by atoms with Gasteiger partial charge in [0, 0.05) is 23.3 Å². The van der Waals surface area contributed by atoms with Gasteiger partial charge in [-0.05, 0) is 80.1 Å². The van der Waals surface area contributed by atoms with Crippen LogP contribution >= 0.6 is 0 Å². The largest absolute Gasteiger partial charge is 0.366 e. The van der Waals surface area contributed by atoms with E-state index in [-0.39, 0.29) is 22.6 Å². The summed E-state index contributed by atoms with van der Waals surface area (Å²) in [5.74, 6) is 1.90. The molecule has 1 unspecified atom stereocenters. The van der Waals surface area contributed by atoms with Gasteiger partial charge >= 0.3 is 0 Å². The van der Waals surface area contributed by atoms with Crippen molar-refractivity contribution in [1.82, 2.24) is 0 Å². The highest BCUT2D eigenvalue weighted by Gasteiger charge is 2.63. The monoisotopic (exact) mass is 428 g/mol. The normalized spacial score (nSPS) is 37.9. The first-order chi connectivity index (χ1) is 15.4. The van der Waals surface area contributed by atoms with Crippen molar-refractivity contribution in [3.63, 3.8) is 0 Å². The molecule has 2 saturated carbocycles. The molecule has 2 fully saturated rings. The van der Waals surface area contributed by atoms with Crippen molar-refractivity contribution in [2.45, 2.75) is 70.3 Å². The summed E-state index contributed by atoms with van der Waals surface area (Å²) in [7, 11) is 0. The number of Topliss-reactive ketones (excluding diaryl/α,β-unsaturated/α-hetero) is 1. The number of carbonyl (C=O) groups excluding carboxylic acids is 2. The van der Waals surface area contributed by atoms with Crippen LogP contribution in [0.4, 0.5) is 0 Å². The Kier molecular flexibility index (Phi) is 4.53. The number of benzene rings is 1. The Morgan fingerprint density at radius 1 is 1.09 bits per heavy atom. The topological polar surface area (TPSA) is 43.4 Å². The van der Waals surface area contributed by atoms with Gasteiger partial charge in [-0.15, -0.1) is 0 Å². The quantitative estimate of drug-likeness (QED) is 0.421. The van der Waals surface area contributed by atoms with Crippen molar-refractivity contribution in [3.8, 4) is 0 Å². The summed E-state index contributed by atoms with van der Waals surface area (Å²) in [6.07, 6.45) is 13.6. The fourth-order valence-corrected chi connectivity index (χ4v) is 7.93. The Morgan fingerprint density at radius 3 is 2.62 bits per heavy atom. The lowest BCUT2D eigenvalue weighted by molar-refractivity contribution is -0.114. The number of rotatable bonds is 2. The number of hydrogen-bond acceptors (Lipinski definition) is 3. The van der Waals surface area contributed by atoms with Crippen LogP contribution in [0.3, 0.4) is 0 Å². The first kappa shape index (κ1) is 20.4. The Balaban J connectivity index is 1.51. The second-order valence-electron chi connectivity index (χ2n) is 10.8. The third kappa shape index (κ3) is 2.76. The highest BCUT2D eigenvalue weighted by atomic mass is 16.5. The van der Waals surface area contributed by atoms with Crippen molar-refractivity contribution >= 4 is 11.6 Å². The van der Waals surface area contributed by atoms with Gasteiger partial charge in [-0.3, -0.25) is 9.59 Å². The van der Waals surface area contributed by atoms with E-state index in [1.165, 1.54) is 23.1 Å². The Bertz CT molecular complexity index is 1090. The molecule has 0 radical (unpaired) electrons. The molecule has 0 saturated heterocycles. The lowest BCUT2D eigenvalue weighted by Crippen LogP contribution is -2.51. The van der Waals surface area contributed by atoms with Gasteiger partial charge in [0.05, 0.1) is 12.2 Å². The predicted molar refractivity (Wildman–Crippen MR) is 125 cm³/mol. The number of allylic oxidation sites excluding steroid dienone is 4. The number of hydrogen-bond donors (Lipinski definition) is 0. The molecular formula is C29H32O3. The van der Waals surface area contributed by atoms with Gasteiger partial charge in [0.2, 0.25) is 0 Å². The zero-order valence-corrected chi connectivity index (χ0v) is 19.2. The highest BCUT2D eigenvalue weighted by molar-refractivity contribution is 5.94. The maximum absolute atomic E-state index is 12.2. The molecule has 0 bridgehead atoms. The smallest absolute Gasteiger partial charge is 0.159 e.